The number of Topliss-reactive ketones (excluding diaryl/α,β-unsaturated/α-hetero) is 1. The van der Waals surface area contributed by atoms with Crippen molar-refractivity contribution >= 4 is 21.7 Å². The minimum Gasteiger partial charge on any atom is -0.493 e. The van der Waals surface area contributed by atoms with E-state index >= 15 is 0 Å². The number of hydrogen-bond donors (Lipinski definition) is 0. The second-order valence-corrected chi connectivity index (χ2v) is 4.72. The Bertz CT molecular complexity index is 425. The van der Waals surface area contributed by atoms with Gasteiger partial charge >= 0.3 is 0 Å². The number of halogens is 1. The van der Waals surface area contributed by atoms with Crippen LogP contribution < -0.4 is 9.47 Å². The average molecular weight is 285 g/mol. The van der Waals surface area contributed by atoms with E-state index in [9.17, 15) is 4.79 Å². The predicted octanol–water partition coefficient (Wildman–Crippen LogP) is 3.20. The standard InChI is InChI=1S/C12H13BrO3/c1-7(14)8-5-10(13)12(11(6-8)15-2)16-9-3-4-9/h5-6,9H,3-4H2,1-2H3. The van der Waals surface area contributed by atoms with Gasteiger partial charge in [0.05, 0.1) is 17.7 Å². The summed E-state index contributed by atoms with van der Waals surface area (Å²) in [4.78, 5) is 11.3. The van der Waals surface area contributed by atoms with Crippen molar-refractivity contribution in [2.75, 3.05) is 7.11 Å². The van der Waals surface area contributed by atoms with Gasteiger partial charge in [0.15, 0.2) is 17.3 Å². The lowest BCUT2D eigenvalue weighted by Crippen LogP contribution is -2.02. The van der Waals surface area contributed by atoms with Crippen molar-refractivity contribution in [1.82, 2.24) is 0 Å². The van der Waals surface area contributed by atoms with E-state index in [1.807, 2.05) is 0 Å². The molecule has 0 N–H and O–H groups in total. The highest BCUT2D eigenvalue weighted by Crippen LogP contribution is 2.40. The van der Waals surface area contributed by atoms with Crippen molar-refractivity contribution in [2.24, 2.45) is 0 Å². The molecule has 0 aromatic heterocycles. The summed E-state index contributed by atoms with van der Waals surface area (Å²) in [6, 6.07) is 3.48. The third-order valence-corrected chi connectivity index (χ3v) is 3.03. The van der Waals surface area contributed by atoms with Crippen molar-refractivity contribution < 1.29 is 14.3 Å². The molecule has 16 heavy (non-hydrogen) atoms. The highest BCUT2D eigenvalue weighted by atomic mass is 79.9. The summed E-state index contributed by atoms with van der Waals surface area (Å²) < 4.78 is 11.7. The molecule has 0 amide bonds. The van der Waals surface area contributed by atoms with Crippen molar-refractivity contribution in [1.29, 1.82) is 0 Å². The van der Waals surface area contributed by atoms with Crippen LogP contribution in [0.25, 0.3) is 0 Å². The highest BCUT2D eigenvalue weighted by molar-refractivity contribution is 9.10. The van der Waals surface area contributed by atoms with Crippen molar-refractivity contribution in [3.8, 4) is 11.5 Å². The smallest absolute Gasteiger partial charge is 0.175 e. The summed E-state index contributed by atoms with van der Waals surface area (Å²) in [5, 5.41) is 0. The number of carbonyl (C=O) groups is 1. The molecule has 3 nitrogen and oxygen atoms in total. The molecule has 1 saturated carbocycles. The highest BCUT2D eigenvalue weighted by Gasteiger charge is 2.26. The van der Waals surface area contributed by atoms with E-state index < -0.39 is 0 Å². The lowest BCUT2D eigenvalue weighted by Gasteiger charge is -2.13. The summed E-state index contributed by atoms with van der Waals surface area (Å²) in [6.07, 6.45) is 2.47. The maximum absolute atomic E-state index is 11.3. The van der Waals surface area contributed by atoms with Crippen molar-refractivity contribution in [2.45, 2.75) is 25.9 Å². The van der Waals surface area contributed by atoms with Crippen molar-refractivity contribution in [3.05, 3.63) is 22.2 Å². The largest absolute Gasteiger partial charge is 0.493 e. The van der Waals surface area contributed by atoms with Crippen LogP contribution in [-0.2, 0) is 0 Å². The Kier molecular flexibility index (Phi) is 3.19. The fraction of sp³-hybridized carbons (Fsp3) is 0.417. The molecule has 1 aromatic rings. The molecule has 2 rings (SSSR count). The Morgan fingerprint density at radius 2 is 2.12 bits per heavy atom. The van der Waals surface area contributed by atoms with Crippen molar-refractivity contribution in [3.63, 3.8) is 0 Å². The summed E-state index contributed by atoms with van der Waals surface area (Å²) in [6.45, 7) is 1.53. The number of methoxy groups -OCH3 is 1. The number of benzene rings is 1. The molecular formula is C12H13BrO3. The molecule has 0 atom stereocenters. The van der Waals surface area contributed by atoms with Gasteiger partial charge in [0.2, 0.25) is 0 Å². The topological polar surface area (TPSA) is 35.5 Å². The quantitative estimate of drug-likeness (QED) is 0.797. The minimum absolute atomic E-state index is 0.0111. The van der Waals surface area contributed by atoms with Gasteiger partial charge in [0.25, 0.3) is 0 Å². The molecule has 1 fully saturated rings. The first-order valence-corrected chi connectivity index (χ1v) is 5.96. The second kappa shape index (κ2) is 4.45. The van der Waals surface area contributed by atoms with Gasteiger partial charge < -0.3 is 9.47 Å². The van der Waals surface area contributed by atoms with E-state index in [4.69, 9.17) is 9.47 Å². The van der Waals surface area contributed by atoms with Crippen LogP contribution in [0.15, 0.2) is 16.6 Å². The average Bonchev–Trinajstić information content (AvgIpc) is 3.04. The molecular weight excluding hydrogens is 272 g/mol. The molecule has 0 saturated heterocycles. The molecule has 0 heterocycles. The predicted molar refractivity (Wildman–Crippen MR) is 64.3 cm³/mol. The van der Waals surface area contributed by atoms with Crippen LogP contribution in [0.5, 0.6) is 11.5 Å². The lowest BCUT2D eigenvalue weighted by atomic mass is 10.1. The Morgan fingerprint density at radius 1 is 1.44 bits per heavy atom. The third kappa shape index (κ3) is 2.38. The van der Waals surface area contributed by atoms with Gasteiger partial charge in [0, 0.05) is 5.56 Å². The van der Waals surface area contributed by atoms with E-state index in [-0.39, 0.29) is 5.78 Å². The van der Waals surface area contributed by atoms with Crippen LogP contribution in [0.1, 0.15) is 30.1 Å². The molecule has 0 bridgehead atoms. The fourth-order valence-electron chi connectivity index (χ4n) is 1.39. The molecule has 0 unspecified atom stereocenters. The summed E-state index contributed by atoms with van der Waals surface area (Å²) in [5.74, 6) is 1.30. The summed E-state index contributed by atoms with van der Waals surface area (Å²) >= 11 is 3.41. The van der Waals surface area contributed by atoms with Gasteiger partial charge in [-0.2, -0.15) is 0 Å². The molecule has 0 radical (unpaired) electrons. The Labute approximate surface area is 103 Å². The van der Waals surface area contributed by atoms with Crippen LogP contribution in [0.3, 0.4) is 0 Å². The van der Waals surface area contributed by atoms with Crippen LogP contribution in [0, 0.1) is 0 Å². The second-order valence-electron chi connectivity index (χ2n) is 3.86. The van der Waals surface area contributed by atoms with Gasteiger partial charge in [-0.15, -0.1) is 0 Å². The number of hydrogen-bond acceptors (Lipinski definition) is 3. The van der Waals surface area contributed by atoms with Gasteiger partial charge in [0.1, 0.15) is 0 Å². The molecule has 0 spiro atoms. The first-order chi connectivity index (χ1) is 7.61. The molecule has 4 heteroatoms. The van der Waals surface area contributed by atoms with Gasteiger partial charge in [-0.3, -0.25) is 4.79 Å². The van der Waals surface area contributed by atoms with E-state index in [1.165, 1.54) is 6.92 Å². The van der Waals surface area contributed by atoms with E-state index in [0.29, 0.717) is 23.2 Å². The van der Waals surface area contributed by atoms with E-state index in [0.717, 1.165) is 17.3 Å². The summed E-state index contributed by atoms with van der Waals surface area (Å²) in [7, 11) is 1.57. The maximum Gasteiger partial charge on any atom is 0.175 e. The number of carbonyl (C=O) groups excluding carboxylic acids is 1. The molecule has 1 aromatic carbocycles. The Morgan fingerprint density at radius 3 is 2.62 bits per heavy atom. The zero-order valence-corrected chi connectivity index (χ0v) is 10.8. The zero-order chi connectivity index (χ0) is 11.7. The molecule has 1 aliphatic rings. The van der Waals surface area contributed by atoms with Crippen LogP contribution in [-0.4, -0.2) is 19.0 Å². The van der Waals surface area contributed by atoms with Gasteiger partial charge in [-0.25, -0.2) is 0 Å². The third-order valence-electron chi connectivity index (χ3n) is 2.44. The first-order valence-electron chi connectivity index (χ1n) is 5.17. The molecule has 1 aliphatic carbocycles. The number of ether oxygens (including phenoxy) is 2. The van der Waals surface area contributed by atoms with E-state index in [2.05, 4.69) is 15.9 Å². The lowest BCUT2D eigenvalue weighted by molar-refractivity contribution is 0.101. The molecule has 86 valence electrons. The fourth-order valence-corrected chi connectivity index (χ4v) is 1.93. The SMILES string of the molecule is COc1cc(C(C)=O)cc(Br)c1OC1CC1. The van der Waals surface area contributed by atoms with Crippen LogP contribution in [0.2, 0.25) is 0 Å². The summed E-state index contributed by atoms with van der Waals surface area (Å²) in [5.41, 5.74) is 0.617. The maximum atomic E-state index is 11.3. The number of ketones is 1. The number of rotatable bonds is 4. The molecule has 0 aliphatic heterocycles. The zero-order valence-electron chi connectivity index (χ0n) is 9.25. The van der Waals surface area contributed by atoms with Gasteiger partial charge in [-0.1, -0.05) is 0 Å². The monoisotopic (exact) mass is 284 g/mol. The normalized spacial score (nSPS) is 14.7. The minimum atomic E-state index is 0.0111. The van der Waals surface area contributed by atoms with Crippen LogP contribution in [0.4, 0.5) is 0 Å². The van der Waals surface area contributed by atoms with Gasteiger partial charge in [-0.05, 0) is 47.8 Å². The Hall–Kier alpha value is -1.03. The Balaban J connectivity index is 2.38. The van der Waals surface area contributed by atoms with E-state index in [1.54, 1.807) is 19.2 Å². The van der Waals surface area contributed by atoms with Crippen LogP contribution >= 0.6 is 15.9 Å². The first kappa shape index (κ1) is 11.5.